The summed E-state index contributed by atoms with van der Waals surface area (Å²) >= 11 is 0. The van der Waals surface area contributed by atoms with Crippen LogP contribution in [0, 0.1) is 5.92 Å². The molecular weight excluding hydrogens is 886 g/mol. The van der Waals surface area contributed by atoms with E-state index in [4.69, 9.17) is 14.7 Å². The molecule has 0 radical (unpaired) electrons. The molecule has 2 fully saturated rings. The number of piperazine rings is 1. The van der Waals surface area contributed by atoms with E-state index < -0.39 is 5.69 Å². The van der Waals surface area contributed by atoms with Crippen LogP contribution in [0.4, 0.5) is 34.5 Å². The van der Waals surface area contributed by atoms with E-state index in [1.165, 1.54) is 10.6 Å². The number of piperidine rings is 1. The lowest BCUT2D eigenvalue weighted by molar-refractivity contribution is -0.138. The second kappa shape index (κ2) is 19.6. The minimum atomic E-state index is -0.439. The lowest BCUT2D eigenvalue weighted by Crippen LogP contribution is -2.51. The fraction of sp³-hybridized carbons (Fsp3) is 0.360. The van der Waals surface area contributed by atoms with Crippen molar-refractivity contribution >= 4 is 58.7 Å². The Kier molecular flexibility index (Phi) is 13.7. The number of nitrogens with one attached hydrogen (secondary N) is 1. The van der Waals surface area contributed by atoms with Crippen LogP contribution in [-0.4, -0.2) is 124 Å². The van der Waals surface area contributed by atoms with Crippen LogP contribution in [0.15, 0.2) is 89.9 Å². The Morgan fingerprint density at radius 3 is 2.26 bits per heavy atom. The molecule has 4 aromatic carbocycles. The van der Waals surface area contributed by atoms with Crippen LogP contribution in [0.25, 0.3) is 17.1 Å². The number of ether oxygens (including phenoxy) is 1. The van der Waals surface area contributed by atoms with E-state index in [0.717, 1.165) is 61.6 Å². The summed E-state index contributed by atoms with van der Waals surface area (Å²) in [6.07, 6.45) is 3.22. The van der Waals surface area contributed by atoms with Gasteiger partial charge in [-0.1, -0.05) is 38.1 Å². The van der Waals surface area contributed by atoms with Gasteiger partial charge in [0.05, 0.1) is 41.0 Å². The highest BCUT2D eigenvalue weighted by molar-refractivity contribution is 6.13. The number of aromatic amines is 1. The molecule has 5 heterocycles. The van der Waals surface area contributed by atoms with Crippen molar-refractivity contribution in [2.45, 2.75) is 46.1 Å². The molecule has 68 heavy (non-hydrogen) atoms. The van der Waals surface area contributed by atoms with Gasteiger partial charge in [0.25, 0.3) is 5.91 Å². The number of para-hydroxylation sites is 1. The first-order valence-corrected chi connectivity index (χ1v) is 22.9. The zero-order valence-corrected chi connectivity index (χ0v) is 40.0. The van der Waals surface area contributed by atoms with E-state index in [0.29, 0.717) is 71.8 Å². The van der Waals surface area contributed by atoms with Crippen molar-refractivity contribution < 1.29 is 24.5 Å². The van der Waals surface area contributed by atoms with Crippen LogP contribution in [-0.2, 0) is 11.3 Å². The number of carbonyl (C=O) groups excluding carboxylic acids is 2. The molecule has 0 spiro atoms. The number of carbonyl (C=O) groups is 2. The summed E-state index contributed by atoms with van der Waals surface area (Å²) in [4.78, 5) is 61.9. The maximum atomic E-state index is 13.8. The number of H-pyrrole nitrogens is 1. The van der Waals surface area contributed by atoms with E-state index in [1.54, 1.807) is 24.2 Å². The fourth-order valence-electron chi connectivity index (χ4n) is 9.44. The quantitative estimate of drug-likeness (QED) is 0.120. The SMILES string of the molecule is CCOc1cc(N2CCC(C(=O)N3CCN(Cc4ccc(-n5c(-c6cc(C(C)C)c(O)cc6O)n[nH]c5=O)cc4)CC3)CC2)ccc1N(C)c1ncc2c(n1)N(C)c1ccccc1C(=O)N2C.Cl. The maximum Gasteiger partial charge on any atom is 0.348 e. The zero-order chi connectivity index (χ0) is 47.1. The molecule has 3 N–H and O–H groups in total. The summed E-state index contributed by atoms with van der Waals surface area (Å²) in [6.45, 7) is 11.4. The number of phenolic OH excluding ortho intramolecular Hbond substituents is 2. The highest BCUT2D eigenvalue weighted by Crippen LogP contribution is 2.42. The summed E-state index contributed by atoms with van der Waals surface area (Å²) < 4.78 is 7.62. The molecule has 0 atom stereocenters. The van der Waals surface area contributed by atoms with Crippen LogP contribution in [0.1, 0.15) is 61.0 Å². The average molecular weight is 945 g/mol. The number of amides is 2. The van der Waals surface area contributed by atoms with E-state index in [1.807, 2.05) is 104 Å². The maximum absolute atomic E-state index is 13.8. The van der Waals surface area contributed by atoms with Crippen LogP contribution in [0.2, 0.25) is 0 Å². The zero-order valence-electron chi connectivity index (χ0n) is 39.2. The first-order valence-electron chi connectivity index (χ1n) is 22.9. The Morgan fingerprint density at radius 2 is 1.56 bits per heavy atom. The first-order chi connectivity index (χ1) is 32.3. The van der Waals surface area contributed by atoms with E-state index in [9.17, 15) is 24.6 Å². The van der Waals surface area contributed by atoms with Gasteiger partial charge in [0, 0.05) is 90.7 Å². The Labute approximate surface area is 401 Å². The third-order valence-electron chi connectivity index (χ3n) is 13.3. The number of nitrogens with zero attached hydrogens (tertiary/aromatic N) is 10. The van der Waals surface area contributed by atoms with Gasteiger partial charge in [0.15, 0.2) is 11.6 Å². The molecular formula is C50H58ClN11O6. The molecule has 2 saturated heterocycles. The lowest BCUT2D eigenvalue weighted by atomic mass is 9.94. The van der Waals surface area contributed by atoms with Gasteiger partial charge in [-0.3, -0.25) is 14.5 Å². The number of aromatic hydroxyl groups is 2. The minimum Gasteiger partial charge on any atom is -0.508 e. The number of halogens is 1. The molecule has 356 valence electrons. The molecule has 17 nitrogen and oxygen atoms in total. The molecule has 6 aromatic rings. The number of hydrogen-bond donors (Lipinski definition) is 3. The smallest absolute Gasteiger partial charge is 0.348 e. The Morgan fingerprint density at radius 1 is 0.853 bits per heavy atom. The van der Waals surface area contributed by atoms with Crippen molar-refractivity contribution in [3.8, 4) is 34.3 Å². The normalized spacial score (nSPS) is 15.5. The molecule has 2 aromatic heterocycles. The van der Waals surface area contributed by atoms with Gasteiger partial charge in [-0.15, -0.1) is 12.4 Å². The molecule has 9 rings (SSSR count). The van der Waals surface area contributed by atoms with Gasteiger partial charge >= 0.3 is 5.69 Å². The Bertz CT molecular complexity index is 2870. The van der Waals surface area contributed by atoms with Crippen molar-refractivity contribution in [1.82, 2.24) is 34.5 Å². The van der Waals surface area contributed by atoms with E-state index in [-0.39, 0.29) is 53.4 Å². The summed E-state index contributed by atoms with van der Waals surface area (Å²) in [5.41, 5.74) is 6.04. The fourth-order valence-corrected chi connectivity index (χ4v) is 9.44. The third-order valence-corrected chi connectivity index (χ3v) is 13.3. The van der Waals surface area contributed by atoms with Gasteiger partial charge in [-0.05, 0) is 79.3 Å². The minimum absolute atomic E-state index is 0. The molecule has 0 aliphatic carbocycles. The second-order valence-corrected chi connectivity index (χ2v) is 17.8. The molecule has 18 heteroatoms. The van der Waals surface area contributed by atoms with Gasteiger partial charge in [0.2, 0.25) is 11.9 Å². The summed E-state index contributed by atoms with van der Waals surface area (Å²) in [7, 11) is 5.56. The average Bonchev–Trinajstić information content (AvgIpc) is 3.70. The molecule has 2 amide bonds. The molecule has 0 unspecified atom stereocenters. The summed E-state index contributed by atoms with van der Waals surface area (Å²) in [6, 6.07) is 24.3. The highest BCUT2D eigenvalue weighted by atomic mass is 35.5. The topological polar surface area (TPSA) is 180 Å². The number of benzene rings is 4. The first kappa shape index (κ1) is 47.4. The summed E-state index contributed by atoms with van der Waals surface area (Å²) in [5, 5.41) is 27.8. The largest absolute Gasteiger partial charge is 0.508 e. The lowest BCUT2D eigenvalue weighted by Gasteiger charge is -2.39. The number of rotatable bonds is 11. The van der Waals surface area contributed by atoms with Crippen molar-refractivity contribution in [2.24, 2.45) is 5.92 Å². The van der Waals surface area contributed by atoms with Crippen molar-refractivity contribution in [3.63, 3.8) is 0 Å². The van der Waals surface area contributed by atoms with Gasteiger partial charge < -0.3 is 39.4 Å². The number of anilines is 6. The van der Waals surface area contributed by atoms with Gasteiger partial charge in [-0.25, -0.2) is 19.4 Å². The van der Waals surface area contributed by atoms with E-state index >= 15 is 0 Å². The highest BCUT2D eigenvalue weighted by Gasteiger charge is 2.32. The van der Waals surface area contributed by atoms with Crippen LogP contribution in [0.3, 0.4) is 0 Å². The number of fused-ring (bicyclic) bond motifs is 2. The predicted molar refractivity (Wildman–Crippen MR) is 266 cm³/mol. The number of phenols is 2. The van der Waals surface area contributed by atoms with Crippen LogP contribution in [0.5, 0.6) is 17.2 Å². The van der Waals surface area contributed by atoms with Crippen molar-refractivity contribution in [2.75, 3.05) is 86.6 Å². The second-order valence-electron chi connectivity index (χ2n) is 17.8. The van der Waals surface area contributed by atoms with Crippen LogP contribution < -0.4 is 30.0 Å². The molecule has 3 aliphatic heterocycles. The Balaban J connectivity index is 0.00000625. The van der Waals surface area contributed by atoms with Crippen LogP contribution >= 0.6 is 12.4 Å². The third kappa shape index (κ3) is 9.02. The van der Waals surface area contributed by atoms with E-state index in [2.05, 4.69) is 32.1 Å². The Hall–Kier alpha value is -7.11. The molecule has 3 aliphatic rings. The van der Waals surface area contributed by atoms with Crippen molar-refractivity contribution in [1.29, 1.82) is 0 Å². The summed E-state index contributed by atoms with van der Waals surface area (Å²) in [5.74, 6) is 1.92. The monoisotopic (exact) mass is 943 g/mol. The number of aromatic nitrogens is 5. The van der Waals surface area contributed by atoms with Gasteiger partial charge in [0.1, 0.15) is 22.9 Å². The van der Waals surface area contributed by atoms with Crippen molar-refractivity contribution in [3.05, 3.63) is 112 Å². The molecule has 0 bridgehead atoms. The number of hydrogen-bond acceptors (Lipinski definition) is 13. The molecule has 0 saturated carbocycles. The standard InChI is InChI=1S/C50H57N11O6.ClH/c1-7-67-44-26-35(16-17-40(44)57(6)49-51-29-41-46(52-49)55(4)39-11-9-8-10-36(39)48(65)56(41)5)59-20-18-33(19-21-59)47(64)60-24-22-58(23-25-60)30-32-12-14-34(15-13-32)61-45(53-54-50(61)66)38-27-37(31(2)3)42(62)28-43(38)63;/h8-17,26-29,31,33,62-63H,7,18-25,30H2,1-6H3,(H,54,66);1H. The predicted octanol–water partition coefficient (Wildman–Crippen LogP) is 7.06. The van der Waals surface area contributed by atoms with Gasteiger partial charge in [-0.2, -0.15) is 10.1 Å².